The average molecular weight is 517 g/mol. The van der Waals surface area contributed by atoms with Crippen LogP contribution in [0.15, 0.2) is 30.6 Å². The van der Waals surface area contributed by atoms with E-state index in [1.165, 1.54) is 12.3 Å². The molecule has 0 bridgehead atoms. The second-order valence-electron chi connectivity index (χ2n) is 7.58. The topological polar surface area (TPSA) is 117 Å². The van der Waals surface area contributed by atoms with Gasteiger partial charge in [-0.1, -0.05) is 0 Å². The van der Waals surface area contributed by atoms with Gasteiger partial charge < -0.3 is 10.6 Å². The number of anilines is 3. The SMILES string of the molecule is C[C@H](Nc1nc(Nc2ccnc(C3(C#N)CC3)c2)nc(-n2ccc(C(F)(F)F)n2)n1)C(F)(F)F.S. The largest absolute Gasteiger partial charge is 0.435 e. The van der Waals surface area contributed by atoms with Crippen LogP contribution in [0.3, 0.4) is 0 Å². The highest BCUT2D eigenvalue weighted by molar-refractivity contribution is 7.59. The maximum absolute atomic E-state index is 13.0. The Morgan fingerprint density at radius 1 is 1.09 bits per heavy atom. The third-order valence-corrected chi connectivity index (χ3v) is 5.02. The van der Waals surface area contributed by atoms with Crippen LogP contribution in [0.25, 0.3) is 5.95 Å². The van der Waals surface area contributed by atoms with Crippen LogP contribution in [0.2, 0.25) is 0 Å². The first-order valence-corrected chi connectivity index (χ1v) is 9.77. The van der Waals surface area contributed by atoms with Gasteiger partial charge in [0.05, 0.1) is 17.2 Å². The molecule has 186 valence electrons. The molecule has 0 aromatic carbocycles. The summed E-state index contributed by atoms with van der Waals surface area (Å²) in [7, 11) is 0. The Morgan fingerprint density at radius 3 is 2.34 bits per heavy atom. The van der Waals surface area contributed by atoms with Gasteiger partial charge in [-0.2, -0.15) is 65.2 Å². The van der Waals surface area contributed by atoms with Gasteiger partial charge in [-0.05, 0) is 38.0 Å². The highest BCUT2D eigenvalue weighted by Crippen LogP contribution is 2.47. The van der Waals surface area contributed by atoms with Crippen LogP contribution >= 0.6 is 13.5 Å². The van der Waals surface area contributed by atoms with Crippen LogP contribution < -0.4 is 10.6 Å². The summed E-state index contributed by atoms with van der Waals surface area (Å²) in [5, 5.41) is 17.6. The number of hydrogen-bond donors (Lipinski definition) is 2. The zero-order chi connectivity index (χ0) is 24.7. The van der Waals surface area contributed by atoms with Gasteiger partial charge in [0.15, 0.2) is 5.69 Å². The predicted molar refractivity (Wildman–Crippen MR) is 116 cm³/mol. The third-order valence-electron chi connectivity index (χ3n) is 5.02. The van der Waals surface area contributed by atoms with E-state index in [-0.39, 0.29) is 19.4 Å². The number of aromatic nitrogens is 6. The maximum Gasteiger partial charge on any atom is 0.435 e. The average Bonchev–Trinajstić information content (AvgIpc) is 3.39. The molecule has 3 heterocycles. The lowest BCUT2D eigenvalue weighted by atomic mass is 10.0. The van der Waals surface area contributed by atoms with Crippen molar-refractivity contribution in [3.63, 3.8) is 0 Å². The van der Waals surface area contributed by atoms with Crippen molar-refractivity contribution in [3.8, 4) is 12.0 Å². The van der Waals surface area contributed by atoms with Crippen molar-refractivity contribution in [2.24, 2.45) is 0 Å². The number of pyridine rings is 1. The minimum atomic E-state index is -4.74. The van der Waals surface area contributed by atoms with Gasteiger partial charge in [-0.15, -0.1) is 0 Å². The van der Waals surface area contributed by atoms with Gasteiger partial charge in [0.1, 0.15) is 6.04 Å². The zero-order valence-corrected chi connectivity index (χ0v) is 18.8. The molecule has 9 nitrogen and oxygen atoms in total. The molecular formula is C19H17F6N9S. The van der Waals surface area contributed by atoms with Gasteiger partial charge in [-0.3, -0.25) is 4.98 Å². The molecule has 0 aliphatic heterocycles. The molecular weight excluding hydrogens is 500 g/mol. The summed E-state index contributed by atoms with van der Waals surface area (Å²) < 4.78 is 78.5. The summed E-state index contributed by atoms with van der Waals surface area (Å²) >= 11 is 0. The number of hydrogen-bond acceptors (Lipinski definition) is 8. The van der Waals surface area contributed by atoms with E-state index in [9.17, 15) is 31.6 Å². The van der Waals surface area contributed by atoms with Crippen molar-refractivity contribution in [1.29, 1.82) is 5.26 Å². The van der Waals surface area contributed by atoms with Crippen LogP contribution in [-0.4, -0.2) is 41.9 Å². The number of nitrogens with zero attached hydrogens (tertiary/aromatic N) is 7. The second-order valence-corrected chi connectivity index (χ2v) is 7.58. The van der Waals surface area contributed by atoms with E-state index in [1.54, 1.807) is 6.07 Å². The zero-order valence-electron chi connectivity index (χ0n) is 17.8. The van der Waals surface area contributed by atoms with E-state index in [0.717, 1.165) is 13.1 Å². The van der Waals surface area contributed by atoms with Crippen LogP contribution in [0.1, 0.15) is 31.2 Å². The summed E-state index contributed by atoms with van der Waals surface area (Å²) in [6.45, 7) is 0.832. The normalized spacial score (nSPS) is 15.5. The maximum atomic E-state index is 13.0. The Kier molecular flexibility index (Phi) is 6.84. The van der Waals surface area contributed by atoms with E-state index in [2.05, 4.69) is 41.7 Å². The number of rotatable bonds is 6. The number of halogens is 6. The summed E-state index contributed by atoms with van der Waals surface area (Å²) in [4.78, 5) is 15.8. The molecule has 3 aromatic heterocycles. The molecule has 1 aliphatic rings. The van der Waals surface area contributed by atoms with Gasteiger partial charge in [0.25, 0.3) is 5.95 Å². The minimum Gasteiger partial charge on any atom is -0.343 e. The molecule has 0 spiro atoms. The number of nitrogens with one attached hydrogen (secondary N) is 2. The van der Waals surface area contributed by atoms with Gasteiger partial charge in [0.2, 0.25) is 11.9 Å². The van der Waals surface area contributed by atoms with Gasteiger partial charge in [0, 0.05) is 18.1 Å². The van der Waals surface area contributed by atoms with Crippen molar-refractivity contribution in [2.75, 3.05) is 10.6 Å². The van der Waals surface area contributed by atoms with Crippen LogP contribution in [0.5, 0.6) is 0 Å². The molecule has 0 radical (unpaired) electrons. The Bertz CT molecular complexity index is 1250. The van der Waals surface area contributed by atoms with Crippen molar-refractivity contribution >= 4 is 31.1 Å². The Balaban J connectivity index is 0.00000342. The first kappa shape index (κ1) is 26.0. The molecule has 0 amide bonds. The van der Waals surface area contributed by atoms with E-state index in [4.69, 9.17) is 0 Å². The molecule has 0 saturated heterocycles. The molecule has 1 atom stereocenters. The highest BCUT2D eigenvalue weighted by Gasteiger charge is 2.46. The van der Waals surface area contributed by atoms with Crippen LogP contribution in [-0.2, 0) is 11.6 Å². The molecule has 4 rings (SSSR count). The predicted octanol–water partition coefficient (Wildman–Crippen LogP) is 4.25. The molecule has 1 fully saturated rings. The Hall–Kier alpha value is -3.61. The standard InChI is InChI=1S/C19H15F6N9.H2S/c1-10(18(20,21)22)28-14-30-15(29-11-2-6-27-13(8-11)17(9-26)4-5-17)32-16(31-14)34-7-3-12(33-34)19(23,24)25;/h2-3,6-8,10H,4-5H2,1H3,(H2,27,28,29,30,31,32);1H2/t10-;/m0./s1. The van der Waals surface area contributed by atoms with E-state index in [0.29, 0.717) is 35.0 Å². The lowest BCUT2D eigenvalue weighted by Crippen LogP contribution is -2.34. The lowest BCUT2D eigenvalue weighted by molar-refractivity contribution is -0.141. The molecule has 16 heteroatoms. The second kappa shape index (κ2) is 9.21. The summed E-state index contributed by atoms with van der Waals surface area (Å²) in [5.74, 6) is -1.24. The molecule has 0 unspecified atom stereocenters. The van der Waals surface area contributed by atoms with Crippen molar-refractivity contribution in [2.45, 2.75) is 43.6 Å². The quantitative estimate of drug-likeness (QED) is 0.467. The summed E-state index contributed by atoms with van der Waals surface area (Å²) in [6, 6.07) is 3.90. The Morgan fingerprint density at radius 2 is 1.77 bits per heavy atom. The molecule has 3 aromatic rings. The van der Waals surface area contributed by atoms with Crippen molar-refractivity contribution in [1.82, 2.24) is 29.7 Å². The van der Waals surface area contributed by atoms with E-state index >= 15 is 0 Å². The molecule has 35 heavy (non-hydrogen) atoms. The van der Waals surface area contributed by atoms with Crippen molar-refractivity contribution < 1.29 is 26.3 Å². The van der Waals surface area contributed by atoms with Crippen molar-refractivity contribution in [3.05, 3.63) is 42.0 Å². The minimum absolute atomic E-state index is 0. The monoisotopic (exact) mass is 517 g/mol. The fourth-order valence-electron chi connectivity index (χ4n) is 2.90. The number of nitriles is 1. The van der Waals surface area contributed by atoms with E-state index < -0.39 is 41.4 Å². The Labute approximate surface area is 201 Å². The third kappa shape index (κ3) is 5.73. The molecule has 1 saturated carbocycles. The highest BCUT2D eigenvalue weighted by atomic mass is 32.1. The summed E-state index contributed by atoms with van der Waals surface area (Å²) in [5.41, 5.74) is -1.05. The fraction of sp³-hybridized carbons (Fsp3) is 0.368. The van der Waals surface area contributed by atoms with Crippen LogP contribution in [0, 0.1) is 11.3 Å². The van der Waals surface area contributed by atoms with Gasteiger partial charge in [-0.25, -0.2) is 4.68 Å². The van der Waals surface area contributed by atoms with E-state index in [1.807, 2.05) is 0 Å². The molecule has 1 aliphatic carbocycles. The first-order chi connectivity index (χ1) is 15.9. The smallest absolute Gasteiger partial charge is 0.343 e. The van der Waals surface area contributed by atoms with Crippen LogP contribution in [0.4, 0.5) is 43.9 Å². The lowest BCUT2D eigenvalue weighted by Gasteiger charge is -2.18. The van der Waals surface area contributed by atoms with Gasteiger partial charge >= 0.3 is 12.4 Å². The summed E-state index contributed by atoms with van der Waals surface area (Å²) in [6.07, 6.45) is -5.73. The number of alkyl halides is 6. The first-order valence-electron chi connectivity index (χ1n) is 9.77. The molecule has 2 N–H and O–H groups in total. The fourth-order valence-corrected chi connectivity index (χ4v) is 2.90.